The van der Waals surface area contributed by atoms with Crippen molar-refractivity contribution in [3.63, 3.8) is 0 Å². The lowest BCUT2D eigenvalue weighted by Gasteiger charge is -2.34. The van der Waals surface area contributed by atoms with Gasteiger partial charge in [0.1, 0.15) is 5.75 Å². The lowest BCUT2D eigenvalue weighted by Crippen LogP contribution is -2.42. The van der Waals surface area contributed by atoms with E-state index in [2.05, 4.69) is 51.2 Å². The van der Waals surface area contributed by atoms with Gasteiger partial charge in [0.2, 0.25) is 0 Å². The maximum absolute atomic E-state index is 5.59. The van der Waals surface area contributed by atoms with Gasteiger partial charge in [0.05, 0.1) is 6.61 Å². The molecule has 1 N–H and O–H groups in total. The molecule has 1 unspecified atom stereocenters. The molecule has 21 heavy (non-hydrogen) atoms. The highest BCUT2D eigenvalue weighted by Gasteiger charge is 2.26. The van der Waals surface area contributed by atoms with Gasteiger partial charge < -0.3 is 10.1 Å². The molecule has 2 rings (SSSR count). The van der Waals surface area contributed by atoms with Gasteiger partial charge in [-0.2, -0.15) is 0 Å². The van der Waals surface area contributed by atoms with Gasteiger partial charge >= 0.3 is 0 Å². The Labute approximate surface area is 130 Å². The largest absolute Gasteiger partial charge is 0.493 e. The molecule has 2 nitrogen and oxygen atoms in total. The summed E-state index contributed by atoms with van der Waals surface area (Å²) in [7, 11) is 0. The Morgan fingerprint density at radius 3 is 2.81 bits per heavy atom. The number of hydrogen-bond donors (Lipinski definition) is 1. The Hall–Kier alpha value is -1.02. The van der Waals surface area contributed by atoms with E-state index in [0.29, 0.717) is 11.5 Å². The van der Waals surface area contributed by atoms with E-state index < -0.39 is 0 Å². The second-order valence-electron chi connectivity index (χ2n) is 6.93. The van der Waals surface area contributed by atoms with Crippen LogP contribution in [-0.4, -0.2) is 19.2 Å². The summed E-state index contributed by atoms with van der Waals surface area (Å²) >= 11 is 0. The maximum Gasteiger partial charge on any atom is 0.122 e. The van der Waals surface area contributed by atoms with Gasteiger partial charge in [-0.25, -0.2) is 0 Å². The molecule has 0 radical (unpaired) electrons. The van der Waals surface area contributed by atoms with Crippen LogP contribution in [0.5, 0.6) is 5.75 Å². The molecule has 1 aromatic rings. The Morgan fingerprint density at radius 2 is 2.10 bits per heavy atom. The van der Waals surface area contributed by atoms with E-state index in [0.717, 1.165) is 31.7 Å². The Bertz CT molecular complexity index is 453. The first-order valence-electron chi connectivity index (χ1n) is 8.54. The predicted octanol–water partition coefficient (Wildman–Crippen LogP) is 4.36. The lowest BCUT2D eigenvalue weighted by molar-refractivity contribution is 0.220. The quantitative estimate of drug-likeness (QED) is 0.768. The van der Waals surface area contributed by atoms with Gasteiger partial charge in [-0.1, -0.05) is 39.8 Å². The van der Waals surface area contributed by atoms with Crippen LogP contribution >= 0.6 is 0 Å². The zero-order valence-electron chi connectivity index (χ0n) is 14.2. The molecule has 1 heterocycles. The SMILES string of the molecule is CCCNC(CCc1ccc2c(c1)CCO2)C(C)(C)CC. The molecular weight excluding hydrogens is 258 g/mol. The fourth-order valence-electron chi connectivity index (χ4n) is 3.04. The van der Waals surface area contributed by atoms with Gasteiger partial charge in [0, 0.05) is 12.5 Å². The van der Waals surface area contributed by atoms with Crippen LogP contribution in [-0.2, 0) is 12.8 Å². The number of rotatable bonds is 8. The Balaban J connectivity index is 1.97. The fourth-order valence-corrected chi connectivity index (χ4v) is 3.04. The van der Waals surface area contributed by atoms with Gasteiger partial charge in [0.25, 0.3) is 0 Å². The van der Waals surface area contributed by atoms with E-state index in [-0.39, 0.29) is 0 Å². The first-order chi connectivity index (χ1) is 10.1. The minimum Gasteiger partial charge on any atom is -0.493 e. The molecule has 1 aromatic carbocycles. The molecule has 2 heteroatoms. The van der Waals surface area contributed by atoms with E-state index in [4.69, 9.17) is 4.74 Å². The third-order valence-electron chi connectivity index (χ3n) is 4.97. The van der Waals surface area contributed by atoms with Crippen molar-refractivity contribution in [3.05, 3.63) is 29.3 Å². The van der Waals surface area contributed by atoms with Crippen LogP contribution in [0, 0.1) is 5.41 Å². The zero-order chi connectivity index (χ0) is 15.3. The summed E-state index contributed by atoms with van der Waals surface area (Å²) in [6.45, 7) is 11.3. The number of aryl methyl sites for hydroxylation is 1. The van der Waals surface area contributed by atoms with Crippen molar-refractivity contribution in [2.75, 3.05) is 13.2 Å². The maximum atomic E-state index is 5.59. The average Bonchev–Trinajstić information content (AvgIpc) is 2.94. The summed E-state index contributed by atoms with van der Waals surface area (Å²) in [6, 6.07) is 7.32. The molecule has 0 saturated heterocycles. The summed E-state index contributed by atoms with van der Waals surface area (Å²) in [4.78, 5) is 0. The number of hydrogen-bond acceptors (Lipinski definition) is 2. The van der Waals surface area contributed by atoms with Gasteiger partial charge in [-0.05, 0) is 54.8 Å². The lowest BCUT2D eigenvalue weighted by atomic mass is 9.79. The van der Waals surface area contributed by atoms with Crippen molar-refractivity contribution in [2.24, 2.45) is 5.41 Å². The van der Waals surface area contributed by atoms with Crippen LogP contribution in [0.15, 0.2) is 18.2 Å². The molecule has 0 amide bonds. The average molecular weight is 289 g/mol. The molecule has 0 fully saturated rings. The van der Waals surface area contributed by atoms with Gasteiger partial charge in [0.15, 0.2) is 0 Å². The van der Waals surface area contributed by atoms with E-state index in [1.54, 1.807) is 0 Å². The molecule has 0 aliphatic carbocycles. The molecule has 1 atom stereocenters. The number of ether oxygens (including phenoxy) is 1. The molecule has 0 bridgehead atoms. The molecule has 0 aromatic heterocycles. The first kappa shape index (κ1) is 16.4. The molecule has 0 spiro atoms. The van der Waals surface area contributed by atoms with Crippen LogP contribution in [0.3, 0.4) is 0 Å². The van der Waals surface area contributed by atoms with Crippen LogP contribution in [0.2, 0.25) is 0 Å². The molecule has 1 aliphatic heterocycles. The van der Waals surface area contributed by atoms with Crippen LogP contribution < -0.4 is 10.1 Å². The summed E-state index contributed by atoms with van der Waals surface area (Å²) in [5.41, 5.74) is 3.20. The zero-order valence-corrected chi connectivity index (χ0v) is 14.2. The van der Waals surface area contributed by atoms with Crippen molar-refractivity contribution >= 4 is 0 Å². The van der Waals surface area contributed by atoms with Crippen molar-refractivity contribution in [1.82, 2.24) is 5.32 Å². The van der Waals surface area contributed by atoms with Crippen molar-refractivity contribution in [3.8, 4) is 5.75 Å². The topological polar surface area (TPSA) is 21.3 Å². The van der Waals surface area contributed by atoms with Gasteiger partial charge in [-0.15, -0.1) is 0 Å². The number of nitrogens with one attached hydrogen (secondary N) is 1. The third kappa shape index (κ3) is 4.23. The van der Waals surface area contributed by atoms with E-state index in [1.165, 1.54) is 30.4 Å². The highest BCUT2D eigenvalue weighted by molar-refractivity contribution is 5.39. The van der Waals surface area contributed by atoms with E-state index in [9.17, 15) is 0 Å². The Kier molecular flexibility index (Phi) is 5.69. The highest BCUT2D eigenvalue weighted by atomic mass is 16.5. The van der Waals surface area contributed by atoms with Crippen LogP contribution in [0.1, 0.15) is 58.1 Å². The van der Waals surface area contributed by atoms with E-state index >= 15 is 0 Å². The monoisotopic (exact) mass is 289 g/mol. The summed E-state index contributed by atoms with van der Waals surface area (Å²) in [5, 5.41) is 3.76. The summed E-state index contributed by atoms with van der Waals surface area (Å²) in [6.07, 6.45) is 5.85. The van der Waals surface area contributed by atoms with Crippen molar-refractivity contribution < 1.29 is 4.74 Å². The minimum absolute atomic E-state index is 0.356. The first-order valence-corrected chi connectivity index (χ1v) is 8.54. The second-order valence-corrected chi connectivity index (χ2v) is 6.93. The Morgan fingerprint density at radius 1 is 1.29 bits per heavy atom. The minimum atomic E-state index is 0.356. The molecule has 1 aliphatic rings. The second kappa shape index (κ2) is 7.31. The third-order valence-corrected chi connectivity index (χ3v) is 4.97. The number of fused-ring (bicyclic) bond motifs is 1. The van der Waals surface area contributed by atoms with E-state index in [1.807, 2.05) is 0 Å². The smallest absolute Gasteiger partial charge is 0.122 e. The fraction of sp³-hybridized carbons (Fsp3) is 0.684. The van der Waals surface area contributed by atoms with Crippen molar-refractivity contribution in [1.29, 1.82) is 0 Å². The van der Waals surface area contributed by atoms with Crippen LogP contribution in [0.4, 0.5) is 0 Å². The normalized spacial score (nSPS) is 15.6. The van der Waals surface area contributed by atoms with Gasteiger partial charge in [-0.3, -0.25) is 0 Å². The van der Waals surface area contributed by atoms with Crippen molar-refractivity contribution in [2.45, 2.75) is 65.8 Å². The predicted molar refractivity (Wildman–Crippen MR) is 90.1 cm³/mol. The molecular formula is C19H31NO. The highest BCUT2D eigenvalue weighted by Crippen LogP contribution is 2.30. The number of benzene rings is 1. The molecule has 0 saturated carbocycles. The van der Waals surface area contributed by atoms with Crippen LogP contribution in [0.25, 0.3) is 0 Å². The molecule has 118 valence electrons. The summed E-state index contributed by atoms with van der Waals surface area (Å²) < 4.78 is 5.59. The summed E-state index contributed by atoms with van der Waals surface area (Å²) in [5.74, 6) is 1.09. The standard InChI is InChI=1S/C19H31NO/c1-5-12-20-18(19(3,4)6-2)10-8-15-7-9-17-16(14-15)11-13-21-17/h7,9,14,18,20H,5-6,8,10-13H2,1-4H3.